The van der Waals surface area contributed by atoms with Crippen LogP contribution in [0.15, 0.2) is 106 Å². The fraction of sp³-hybridized carbons (Fsp3) is 0.308. The number of hydrogen-bond donors (Lipinski definition) is 4. The van der Waals surface area contributed by atoms with Gasteiger partial charge < -0.3 is 28.8 Å². The molecule has 6 nitrogen and oxygen atoms in total. The minimum Gasteiger partial charge on any atom is -0.456 e. The van der Waals surface area contributed by atoms with Crippen molar-refractivity contribution in [2.45, 2.75) is 93.9 Å². The monoisotopic (exact) mass is 892 g/mol. The van der Waals surface area contributed by atoms with E-state index < -0.39 is 32.9 Å². The summed E-state index contributed by atoms with van der Waals surface area (Å²) in [5.74, 6) is 0. The van der Waals surface area contributed by atoms with Crippen molar-refractivity contribution >= 4 is 109 Å². The Balaban J connectivity index is 0.000000213. The summed E-state index contributed by atoms with van der Waals surface area (Å²) >= 11 is 0. The molecule has 0 atom stereocenters. The summed E-state index contributed by atoms with van der Waals surface area (Å²) in [7, 11) is -3.54. The molecule has 0 fully saturated rings. The summed E-state index contributed by atoms with van der Waals surface area (Å²) in [4.78, 5) is 15.1. The Hall–Kier alpha value is -4.69. The zero-order valence-corrected chi connectivity index (χ0v) is 44.1. The Kier molecular flexibility index (Phi) is 12.3. The SMILES string of the molecule is CN[Si](C)(C)c1cccc2c1oc1c([Si](C)(C)NC)cccc12.Cc1cc(C)c(N[Si](C)(C)c2cccc3c2oc2c([Si](C)(C)Nc4c(C)cc(C)cc4C)cccc23)c(C)c1. The standard InChI is InChI=1S/C34H42N2OSi2.C18H26N2OSi2/c1-21-17-23(3)31(24(4)18-21)35-38(7,8)29-15-11-13-27-28-14-12-16-30(34(28)37-33(27)29)39(9,10)36-32-25(5)19-22(2)20-26(32)6;1-19-22(3,4)15-11-7-9-13-14-10-8-12-16(23(5,6)20-2)18(14)21-17(13)15/h11-20,35-36H,1-10H3;7-12,19-20H,1-6H3. The fourth-order valence-corrected chi connectivity index (χ4v) is 17.3. The van der Waals surface area contributed by atoms with E-state index in [9.17, 15) is 0 Å². The van der Waals surface area contributed by atoms with Crippen molar-refractivity contribution < 1.29 is 8.83 Å². The lowest BCUT2D eigenvalue weighted by Gasteiger charge is -2.28. The number of hydrogen-bond acceptors (Lipinski definition) is 6. The average Bonchev–Trinajstić information content (AvgIpc) is 3.79. The van der Waals surface area contributed by atoms with Gasteiger partial charge in [0, 0.05) is 43.3 Å². The van der Waals surface area contributed by atoms with Crippen molar-refractivity contribution in [1.82, 2.24) is 9.96 Å². The first-order valence-corrected chi connectivity index (χ1v) is 34.1. The van der Waals surface area contributed by atoms with Crippen LogP contribution in [0.3, 0.4) is 0 Å². The topological polar surface area (TPSA) is 74.4 Å². The van der Waals surface area contributed by atoms with E-state index >= 15 is 0 Å². The summed E-state index contributed by atoms with van der Waals surface area (Å²) in [6.45, 7) is 32.0. The second kappa shape index (κ2) is 16.8. The Morgan fingerprint density at radius 3 is 0.839 bits per heavy atom. The minimum atomic E-state index is -2.12. The Morgan fingerprint density at radius 1 is 0.355 bits per heavy atom. The highest BCUT2D eigenvalue weighted by molar-refractivity contribution is 6.95. The molecule has 8 aromatic rings. The molecule has 2 heterocycles. The van der Waals surface area contributed by atoms with Crippen LogP contribution in [0.2, 0.25) is 52.4 Å². The van der Waals surface area contributed by atoms with Crippen LogP contribution in [0.5, 0.6) is 0 Å². The first-order chi connectivity index (χ1) is 29.1. The zero-order chi connectivity index (χ0) is 45.1. The first-order valence-electron chi connectivity index (χ1n) is 22.1. The molecule has 0 saturated carbocycles. The molecule has 0 aliphatic carbocycles. The van der Waals surface area contributed by atoms with E-state index in [0.717, 1.165) is 22.3 Å². The Bertz CT molecular complexity index is 2740. The number of nitrogens with one attached hydrogen (secondary N) is 4. The molecule has 0 unspecified atom stereocenters. The van der Waals surface area contributed by atoms with Crippen molar-refractivity contribution in [2.24, 2.45) is 0 Å². The van der Waals surface area contributed by atoms with Gasteiger partial charge in [-0.15, -0.1) is 0 Å². The normalized spacial score (nSPS) is 12.6. The van der Waals surface area contributed by atoms with Gasteiger partial charge in [-0.2, -0.15) is 0 Å². The molecule has 8 rings (SSSR count). The molecular formula is C52H68N4O2Si4. The molecule has 4 N–H and O–H groups in total. The van der Waals surface area contributed by atoms with Crippen LogP contribution in [0, 0.1) is 41.5 Å². The van der Waals surface area contributed by atoms with Crippen LogP contribution >= 0.6 is 0 Å². The highest BCUT2D eigenvalue weighted by Gasteiger charge is 2.33. The van der Waals surface area contributed by atoms with Crippen LogP contribution in [-0.4, -0.2) is 47.0 Å². The lowest BCUT2D eigenvalue weighted by atomic mass is 10.1. The van der Waals surface area contributed by atoms with Crippen molar-refractivity contribution in [2.75, 3.05) is 24.1 Å². The molecule has 0 bridgehead atoms. The third-order valence-corrected chi connectivity index (χ3v) is 24.4. The number of fused-ring (bicyclic) bond motifs is 6. The zero-order valence-electron chi connectivity index (χ0n) is 40.1. The second-order valence-corrected chi connectivity index (χ2v) is 36.4. The number of furan rings is 2. The van der Waals surface area contributed by atoms with Gasteiger partial charge in [-0.1, -0.05) is 134 Å². The second-order valence-electron chi connectivity index (χ2n) is 19.7. The maximum Gasteiger partial charge on any atom is 0.183 e. The van der Waals surface area contributed by atoms with Gasteiger partial charge in [0.25, 0.3) is 0 Å². The van der Waals surface area contributed by atoms with Crippen LogP contribution in [0.1, 0.15) is 33.4 Å². The first kappa shape index (κ1) is 45.3. The Morgan fingerprint density at radius 2 is 0.597 bits per heavy atom. The highest BCUT2D eigenvalue weighted by atomic mass is 28.3. The van der Waals surface area contributed by atoms with Gasteiger partial charge in [0.1, 0.15) is 22.3 Å². The molecular weight excluding hydrogens is 825 g/mol. The van der Waals surface area contributed by atoms with Gasteiger partial charge in [0.05, 0.1) is 0 Å². The number of aryl methyl sites for hydroxylation is 6. The van der Waals surface area contributed by atoms with Crippen LogP contribution < -0.4 is 40.7 Å². The van der Waals surface area contributed by atoms with Crippen LogP contribution in [-0.2, 0) is 0 Å². The van der Waals surface area contributed by atoms with Crippen molar-refractivity contribution in [1.29, 1.82) is 0 Å². The summed E-state index contributed by atoms with van der Waals surface area (Å²) in [6, 6.07) is 35.6. The predicted octanol–water partition coefficient (Wildman–Crippen LogP) is 11.3. The molecule has 0 spiro atoms. The predicted molar refractivity (Wildman–Crippen MR) is 283 cm³/mol. The van der Waals surface area contributed by atoms with Gasteiger partial charge in [-0.25, -0.2) is 0 Å². The van der Waals surface area contributed by atoms with E-state index in [-0.39, 0.29) is 0 Å². The van der Waals surface area contributed by atoms with Crippen LogP contribution in [0.4, 0.5) is 11.4 Å². The molecule has 0 aliphatic heterocycles. The molecule has 0 aliphatic rings. The van der Waals surface area contributed by atoms with Crippen LogP contribution in [0.25, 0.3) is 43.9 Å². The minimum absolute atomic E-state index is 1.03. The molecule has 0 radical (unpaired) electrons. The molecule has 2 aromatic heterocycles. The van der Waals surface area contributed by atoms with Crippen molar-refractivity contribution in [3.8, 4) is 0 Å². The van der Waals surface area contributed by atoms with Gasteiger partial charge in [-0.05, 0) is 114 Å². The van der Waals surface area contributed by atoms with E-state index in [0.29, 0.717) is 0 Å². The maximum absolute atomic E-state index is 6.91. The Labute approximate surface area is 374 Å². The van der Waals surface area contributed by atoms with E-state index in [1.54, 1.807) is 0 Å². The molecule has 62 heavy (non-hydrogen) atoms. The van der Waals surface area contributed by atoms with E-state index in [1.165, 1.54) is 87.0 Å². The third-order valence-electron chi connectivity index (χ3n) is 13.2. The van der Waals surface area contributed by atoms with Crippen molar-refractivity contribution in [3.63, 3.8) is 0 Å². The summed E-state index contributed by atoms with van der Waals surface area (Å²) in [6.07, 6.45) is 0. The largest absolute Gasteiger partial charge is 0.456 e. The van der Waals surface area contributed by atoms with Gasteiger partial charge in [0.2, 0.25) is 0 Å². The van der Waals surface area contributed by atoms with Gasteiger partial charge >= 0.3 is 0 Å². The number of para-hydroxylation sites is 4. The van der Waals surface area contributed by atoms with E-state index in [1.807, 2.05) is 0 Å². The van der Waals surface area contributed by atoms with E-state index in [2.05, 4.69) is 225 Å². The number of rotatable bonds is 10. The summed E-state index contributed by atoms with van der Waals surface area (Å²) < 4.78 is 13.4. The third kappa shape index (κ3) is 8.41. The summed E-state index contributed by atoms with van der Waals surface area (Å²) in [5, 5.41) is 10.2. The lowest BCUT2D eigenvalue weighted by Crippen LogP contribution is -2.54. The van der Waals surface area contributed by atoms with Crippen molar-refractivity contribution in [3.05, 3.63) is 130 Å². The maximum atomic E-state index is 6.91. The smallest absolute Gasteiger partial charge is 0.183 e. The molecule has 10 heteroatoms. The highest BCUT2D eigenvalue weighted by Crippen LogP contribution is 2.33. The lowest BCUT2D eigenvalue weighted by molar-refractivity contribution is 0.673. The molecule has 324 valence electrons. The number of anilines is 2. The molecule has 0 amide bonds. The van der Waals surface area contributed by atoms with Gasteiger partial charge in [-0.3, -0.25) is 0 Å². The molecule has 0 saturated heterocycles. The number of benzene rings is 6. The fourth-order valence-electron chi connectivity index (χ4n) is 9.39. The summed E-state index contributed by atoms with van der Waals surface area (Å²) in [5.41, 5.74) is 14.5. The van der Waals surface area contributed by atoms with E-state index in [4.69, 9.17) is 8.83 Å². The average molecular weight is 893 g/mol. The van der Waals surface area contributed by atoms with Gasteiger partial charge in [0.15, 0.2) is 32.9 Å². The molecule has 6 aromatic carbocycles. The quantitative estimate of drug-likeness (QED) is 0.103.